The number of benzene rings is 4. The van der Waals surface area contributed by atoms with E-state index in [0.29, 0.717) is 28.2 Å². The molecule has 0 saturated carbocycles. The number of amidine groups is 2. The van der Waals surface area contributed by atoms with Gasteiger partial charge in [0.2, 0.25) is 0 Å². The first-order valence-corrected chi connectivity index (χ1v) is 13.9. The number of hydrogen-bond acceptors (Lipinski definition) is 7. The van der Waals surface area contributed by atoms with Crippen molar-refractivity contribution in [3.05, 3.63) is 119 Å². The predicted molar refractivity (Wildman–Crippen MR) is 168 cm³/mol. The summed E-state index contributed by atoms with van der Waals surface area (Å²) >= 11 is 6.57. The molecule has 2 aliphatic heterocycles. The zero-order valence-corrected chi connectivity index (χ0v) is 24.0. The predicted octanol–water partition coefficient (Wildman–Crippen LogP) is 7.65. The number of hydrogen-bond donors (Lipinski definition) is 1. The molecule has 42 heavy (non-hydrogen) atoms. The van der Waals surface area contributed by atoms with Gasteiger partial charge in [0, 0.05) is 16.7 Å². The van der Waals surface area contributed by atoms with Gasteiger partial charge < -0.3 is 19.7 Å². The lowest BCUT2D eigenvalue weighted by atomic mass is 9.93. The Morgan fingerprint density at radius 1 is 0.833 bits per heavy atom. The highest BCUT2D eigenvalue weighted by atomic mass is 35.5. The maximum Gasteiger partial charge on any atom is 0.179 e. The van der Waals surface area contributed by atoms with E-state index in [1.807, 2.05) is 96.5 Å². The zero-order chi connectivity index (χ0) is 28.8. The molecule has 1 atom stereocenters. The van der Waals surface area contributed by atoms with E-state index in [1.165, 1.54) is 0 Å². The van der Waals surface area contributed by atoms with Crippen molar-refractivity contribution < 1.29 is 9.47 Å². The van der Waals surface area contributed by atoms with E-state index in [-0.39, 0.29) is 6.04 Å². The third-order valence-electron chi connectivity index (χ3n) is 7.47. The van der Waals surface area contributed by atoms with Gasteiger partial charge in [-0.2, -0.15) is 5.10 Å². The van der Waals surface area contributed by atoms with Gasteiger partial charge in [-0.25, -0.2) is 14.7 Å². The van der Waals surface area contributed by atoms with Crippen molar-refractivity contribution >= 4 is 46.2 Å². The molecule has 0 radical (unpaired) electrons. The number of aliphatic imine (C=N–C) groups is 2. The molecule has 0 amide bonds. The van der Waals surface area contributed by atoms with E-state index in [0.717, 1.165) is 45.4 Å². The third kappa shape index (κ3) is 4.28. The van der Waals surface area contributed by atoms with E-state index in [4.69, 9.17) is 36.2 Å². The van der Waals surface area contributed by atoms with Crippen molar-refractivity contribution in [2.75, 3.05) is 24.4 Å². The fourth-order valence-corrected chi connectivity index (χ4v) is 5.77. The van der Waals surface area contributed by atoms with Crippen LogP contribution in [0.25, 0.3) is 5.69 Å². The summed E-state index contributed by atoms with van der Waals surface area (Å²) < 4.78 is 13.0. The van der Waals surface area contributed by atoms with Gasteiger partial charge in [-0.05, 0) is 61.0 Å². The van der Waals surface area contributed by atoms with E-state index >= 15 is 0 Å². The molecular formula is C33H27ClN6O2. The minimum absolute atomic E-state index is 0.269. The molecule has 4 aromatic carbocycles. The van der Waals surface area contributed by atoms with Crippen LogP contribution in [0.3, 0.4) is 0 Å². The highest BCUT2D eigenvalue weighted by Gasteiger charge is 2.41. The number of anilines is 2. The number of para-hydroxylation sites is 3. The quantitative estimate of drug-likeness (QED) is 0.233. The monoisotopic (exact) mass is 574 g/mol. The van der Waals surface area contributed by atoms with Gasteiger partial charge >= 0.3 is 0 Å². The molecule has 3 heterocycles. The molecule has 9 heteroatoms. The zero-order valence-electron chi connectivity index (χ0n) is 23.2. The topological polar surface area (TPSA) is 76.3 Å². The lowest BCUT2D eigenvalue weighted by Gasteiger charge is -2.40. The van der Waals surface area contributed by atoms with Gasteiger partial charge in [0.15, 0.2) is 17.5 Å². The van der Waals surface area contributed by atoms with Crippen LogP contribution in [0.2, 0.25) is 5.02 Å². The molecule has 1 unspecified atom stereocenters. The van der Waals surface area contributed by atoms with Crippen molar-refractivity contribution in [2.24, 2.45) is 9.98 Å². The summed E-state index contributed by atoms with van der Waals surface area (Å²) in [6.45, 7) is 2.03. The first-order valence-electron chi connectivity index (χ1n) is 13.5. The van der Waals surface area contributed by atoms with Crippen molar-refractivity contribution in [1.29, 1.82) is 0 Å². The number of fused-ring (bicyclic) bond motifs is 4. The van der Waals surface area contributed by atoms with Crippen molar-refractivity contribution in [2.45, 2.75) is 13.0 Å². The average molecular weight is 575 g/mol. The van der Waals surface area contributed by atoms with Gasteiger partial charge in [0.25, 0.3) is 0 Å². The van der Waals surface area contributed by atoms with Crippen LogP contribution in [0.5, 0.6) is 11.5 Å². The molecule has 7 rings (SSSR count). The van der Waals surface area contributed by atoms with Crippen LogP contribution >= 0.6 is 11.6 Å². The minimum atomic E-state index is -0.269. The molecule has 0 spiro atoms. The smallest absolute Gasteiger partial charge is 0.179 e. The first-order chi connectivity index (χ1) is 20.6. The SMILES string of the molecule is COc1ccc(NC2=Nc3ccccc3N3C2=Nc2c(c(C)nn2-c2ccccc2)C3c2cccc(Cl)c2)c(OC)c1. The lowest BCUT2D eigenvalue weighted by Crippen LogP contribution is -2.46. The number of ether oxygens (including phenoxy) is 2. The summed E-state index contributed by atoms with van der Waals surface area (Å²) in [5.74, 6) is 3.29. The van der Waals surface area contributed by atoms with Crippen LogP contribution in [-0.2, 0) is 0 Å². The molecule has 8 nitrogen and oxygen atoms in total. The van der Waals surface area contributed by atoms with Crippen molar-refractivity contribution in [1.82, 2.24) is 9.78 Å². The summed E-state index contributed by atoms with van der Waals surface area (Å²) in [4.78, 5) is 12.6. The van der Waals surface area contributed by atoms with Crippen LogP contribution < -0.4 is 19.7 Å². The Morgan fingerprint density at radius 2 is 1.64 bits per heavy atom. The van der Waals surface area contributed by atoms with E-state index in [1.54, 1.807) is 14.2 Å². The fourth-order valence-electron chi connectivity index (χ4n) is 5.57. The van der Waals surface area contributed by atoms with E-state index < -0.39 is 0 Å². The number of halogens is 1. The average Bonchev–Trinajstić information content (AvgIpc) is 3.36. The number of methoxy groups -OCH3 is 2. The molecule has 208 valence electrons. The molecule has 0 fully saturated rings. The van der Waals surface area contributed by atoms with Crippen LogP contribution in [0.4, 0.5) is 22.9 Å². The number of rotatable bonds is 5. The maximum atomic E-state index is 6.57. The lowest BCUT2D eigenvalue weighted by molar-refractivity contribution is 0.395. The number of nitrogens with zero attached hydrogens (tertiary/aromatic N) is 5. The normalized spacial score (nSPS) is 15.1. The number of aromatic nitrogens is 2. The second-order valence-electron chi connectivity index (χ2n) is 9.97. The first kappa shape index (κ1) is 25.9. The molecule has 0 saturated heterocycles. The number of nitrogens with one attached hydrogen (secondary N) is 1. The van der Waals surface area contributed by atoms with E-state index in [9.17, 15) is 0 Å². The van der Waals surface area contributed by atoms with Crippen molar-refractivity contribution in [3.63, 3.8) is 0 Å². The Balaban J connectivity index is 1.48. The summed E-state index contributed by atoms with van der Waals surface area (Å²) in [6, 6.07) is 31.4. The van der Waals surface area contributed by atoms with Gasteiger partial charge in [-0.3, -0.25) is 0 Å². The molecule has 5 aromatic rings. The Labute approximate surface area is 248 Å². The van der Waals surface area contributed by atoms with Crippen LogP contribution in [-0.4, -0.2) is 35.7 Å². The van der Waals surface area contributed by atoms with Gasteiger partial charge in [0.05, 0.1) is 48.7 Å². The standard InChI is InChI=1S/C33H27ClN6O2/c1-20-29-30(21-10-9-11-22(34)18-21)39-27-15-8-7-14-25(27)35-31(36-26-17-16-24(41-2)19-28(26)42-3)33(39)37-32(29)40(38-20)23-12-5-4-6-13-23/h4-19,30H,1-3H3,(H,35,36). The molecule has 1 N–H and O–H groups in total. The second-order valence-corrected chi connectivity index (χ2v) is 10.4. The molecule has 0 bridgehead atoms. The molecular weight excluding hydrogens is 548 g/mol. The third-order valence-corrected chi connectivity index (χ3v) is 7.70. The molecule has 2 aliphatic rings. The Hall–Kier alpha value is -5.08. The van der Waals surface area contributed by atoms with Crippen LogP contribution in [0.15, 0.2) is 107 Å². The summed E-state index contributed by atoms with van der Waals surface area (Å²) in [6.07, 6.45) is 0. The fraction of sp³-hybridized carbons (Fsp3) is 0.121. The van der Waals surface area contributed by atoms with Crippen LogP contribution in [0, 0.1) is 6.92 Å². The number of aryl methyl sites for hydroxylation is 1. The second kappa shape index (κ2) is 10.4. The highest BCUT2D eigenvalue weighted by molar-refractivity contribution is 6.51. The minimum Gasteiger partial charge on any atom is -0.497 e. The van der Waals surface area contributed by atoms with Gasteiger partial charge in [-0.1, -0.05) is 54.1 Å². The van der Waals surface area contributed by atoms with Gasteiger partial charge in [0.1, 0.15) is 11.5 Å². The summed E-state index contributed by atoms with van der Waals surface area (Å²) in [5.41, 5.74) is 6.31. The summed E-state index contributed by atoms with van der Waals surface area (Å²) in [7, 11) is 3.26. The summed E-state index contributed by atoms with van der Waals surface area (Å²) in [5, 5.41) is 9.16. The highest BCUT2D eigenvalue weighted by Crippen LogP contribution is 2.48. The molecule has 1 aromatic heterocycles. The van der Waals surface area contributed by atoms with Gasteiger partial charge in [-0.15, -0.1) is 0 Å². The van der Waals surface area contributed by atoms with Crippen molar-refractivity contribution in [3.8, 4) is 17.2 Å². The van der Waals surface area contributed by atoms with E-state index in [2.05, 4.69) is 22.3 Å². The maximum absolute atomic E-state index is 6.57. The van der Waals surface area contributed by atoms with Crippen LogP contribution in [0.1, 0.15) is 22.9 Å². The Kier molecular flexibility index (Phi) is 6.40. The Morgan fingerprint density at radius 3 is 2.43 bits per heavy atom. The Bertz CT molecular complexity index is 1880. The molecule has 0 aliphatic carbocycles. The largest absolute Gasteiger partial charge is 0.497 e.